The first-order valence-corrected chi connectivity index (χ1v) is 18.7. The number of carbonyl (C=O) groups excluding carboxylic acids is 4. The molecule has 5 aliphatic rings. The van der Waals surface area contributed by atoms with Crippen molar-refractivity contribution in [1.82, 2.24) is 10.2 Å². The van der Waals surface area contributed by atoms with Gasteiger partial charge in [-0.25, -0.2) is 9.59 Å². The summed E-state index contributed by atoms with van der Waals surface area (Å²) in [7, 11) is -0.301. The minimum absolute atomic E-state index is 0. The van der Waals surface area contributed by atoms with Gasteiger partial charge in [0.05, 0.1) is 24.8 Å². The lowest BCUT2D eigenvalue weighted by atomic mass is 9.43. The summed E-state index contributed by atoms with van der Waals surface area (Å²) in [6.45, 7) is 21.7. The lowest BCUT2D eigenvalue weighted by Crippen LogP contribution is -2.65. The van der Waals surface area contributed by atoms with E-state index in [0.717, 1.165) is 17.5 Å². The molecule has 1 aromatic rings. The van der Waals surface area contributed by atoms with Gasteiger partial charge in [0.2, 0.25) is 5.91 Å². The number of carbonyl (C=O) groups is 4. The van der Waals surface area contributed by atoms with Gasteiger partial charge in [0, 0.05) is 6.42 Å². The molecule has 52 heavy (non-hydrogen) atoms. The number of amides is 2. The summed E-state index contributed by atoms with van der Waals surface area (Å²) in [6.07, 6.45) is 3.71. The zero-order valence-electron chi connectivity index (χ0n) is 33.1. The maximum absolute atomic E-state index is 13.6. The number of ketones is 1. The van der Waals surface area contributed by atoms with Gasteiger partial charge in [-0.3, -0.25) is 4.79 Å². The molecule has 1 N–H and O–H groups in total. The Bertz CT molecular complexity index is 1520. The molecule has 0 unspecified atom stereocenters. The molecular formula is C39H61BN2O9S. The van der Waals surface area contributed by atoms with Gasteiger partial charge >= 0.3 is 19.2 Å². The highest BCUT2D eigenvalue weighted by atomic mass is 32.1. The normalized spacial score (nSPS) is 25.5. The van der Waals surface area contributed by atoms with E-state index in [1.807, 2.05) is 39.8 Å². The molecule has 0 spiro atoms. The number of likely N-dealkylation sites (tertiary alicyclic amines) is 1. The number of Topliss-reactive ketones (excluding diaryl/α,β-unsaturated/α-hetero) is 1. The van der Waals surface area contributed by atoms with Crippen molar-refractivity contribution in [3.63, 3.8) is 0 Å². The molecule has 2 aliphatic heterocycles. The standard InChI is InChI=1S/C39H59BN2O9.H2S/c1-23(43)13-12-14-28(41-35(46)49-37(6,7)8)33(44)42-21-27(22-42)47-29-16-15-25(24(2)32(29)34(45)48-36(3,4)5)17-18-40-50-31-20-26-19-30(38(26,9)10)39(31,11)51-40;/h15-16,26-28,30-31H,12-14,17-22H2,1-11H3,(H,41,46);1H2/t26-,28-,30-,31+,39-;/m0./s1. The molecule has 13 heteroatoms. The van der Waals surface area contributed by atoms with Crippen molar-refractivity contribution in [1.29, 1.82) is 0 Å². The van der Waals surface area contributed by atoms with E-state index in [-0.39, 0.29) is 68.6 Å². The maximum Gasteiger partial charge on any atom is 0.457 e. The van der Waals surface area contributed by atoms with E-state index in [4.69, 9.17) is 23.5 Å². The van der Waals surface area contributed by atoms with Crippen molar-refractivity contribution in [3.05, 3.63) is 28.8 Å². The lowest BCUT2D eigenvalue weighted by molar-refractivity contribution is -0.199. The second-order valence-electron chi connectivity index (χ2n) is 17.9. The quantitative estimate of drug-likeness (QED) is 0.187. The van der Waals surface area contributed by atoms with Crippen LogP contribution in [-0.4, -0.2) is 83.9 Å². The summed E-state index contributed by atoms with van der Waals surface area (Å²) in [5, 5.41) is 2.69. The van der Waals surface area contributed by atoms with Crippen LogP contribution in [0, 0.1) is 24.2 Å². The molecule has 6 rings (SSSR count). The Kier molecular flexibility index (Phi) is 12.5. The Morgan fingerprint density at radius 2 is 1.67 bits per heavy atom. The first kappa shape index (κ1) is 42.0. The Balaban J connectivity index is 0.00000605. The molecular weight excluding hydrogens is 683 g/mol. The zero-order valence-corrected chi connectivity index (χ0v) is 34.1. The highest BCUT2D eigenvalue weighted by molar-refractivity contribution is 7.59. The molecule has 2 saturated heterocycles. The fraction of sp³-hybridized carbons (Fsp3) is 0.744. The molecule has 1 aromatic carbocycles. The van der Waals surface area contributed by atoms with Gasteiger partial charge in [0.1, 0.15) is 40.4 Å². The van der Waals surface area contributed by atoms with Crippen LogP contribution in [0.5, 0.6) is 5.75 Å². The largest absolute Gasteiger partial charge is 0.486 e. The van der Waals surface area contributed by atoms with Crippen molar-refractivity contribution in [2.24, 2.45) is 17.3 Å². The Labute approximate surface area is 317 Å². The number of aryl methyl sites for hydroxylation is 1. The third kappa shape index (κ3) is 9.29. The summed E-state index contributed by atoms with van der Waals surface area (Å²) >= 11 is 0. The van der Waals surface area contributed by atoms with Crippen molar-refractivity contribution < 1.29 is 42.7 Å². The third-order valence-electron chi connectivity index (χ3n) is 11.3. The van der Waals surface area contributed by atoms with E-state index in [9.17, 15) is 19.2 Å². The van der Waals surface area contributed by atoms with Gasteiger partial charge in [0.25, 0.3) is 0 Å². The van der Waals surface area contributed by atoms with Crippen LogP contribution in [0.4, 0.5) is 4.79 Å². The number of nitrogens with one attached hydrogen (secondary N) is 1. The molecule has 2 amide bonds. The van der Waals surface area contributed by atoms with Crippen molar-refractivity contribution in [2.75, 3.05) is 13.1 Å². The molecule has 0 aromatic heterocycles. The number of alkyl carbamates (subject to hydrolysis) is 1. The SMILES string of the molecule is CC(=O)CCC[C@H](NC(=O)OC(C)(C)C)C(=O)N1CC(Oc2ccc(CCB3O[C@@H]4C[C@@H]5C[C@@H](C5(C)C)[C@]4(C)O3)c(C)c2C(=O)OC(C)(C)C)C1.S. The number of ether oxygens (including phenoxy) is 3. The van der Waals surface area contributed by atoms with Crippen LogP contribution < -0.4 is 10.1 Å². The summed E-state index contributed by atoms with van der Waals surface area (Å²) in [6, 6.07) is 2.96. The fourth-order valence-electron chi connectivity index (χ4n) is 8.39. The van der Waals surface area contributed by atoms with Gasteiger partial charge in [-0.15, -0.1) is 0 Å². The van der Waals surface area contributed by atoms with Crippen LogP contribution in [0.15, 0.2) is 12.1 Å². The molecule has 2 heterocycles. The van der Waals surface area contributed by atoms with Crippen LogP contribution >= 0.6 is 13.5 Å². The Morgan fingerprint density at radius 1 is 1.02 bits per heavy atom. The molecule has 11 nitrogen and oxygen atoms in total. The lowest BCUT2D eigenvalue weighted by Gasteiger charge is -2.64. The molecule has 3 saturated carbocycles. The number of benzene rings is 1. The first-order valence-electron chi connectivity index (χ1n) is 18.7. The van der Waals surface area contributed by atoms with Crippen LogP contribution in [0.2, 0.25) is 6.32 Å². The van der Waals surface area contributed by atoms with Gasteiger partial charge in [0.15, 0.2) is 0 Å². The third-order valence-corrected chi connectivity index (χ3v) is 11.3. The number of nitrogens with zero attached hydrogens (tertiary/aromatic N) is 1. The molecule has 0 radical (unpaired) electrons. The van der Waals surface area contributed by atoms with E-state index in [1.165, 1.54) is 13.3 Å². The average Bonchev–Trinajstić information content (AvgIpc) is 3.31. The zero-order chi connectivity index (χ0) is 37.7. The number of rotatable bonds is 12. The molecule has 290 valence electrons. The van der Waals surface area contributed by atoms with Gasteiger partial charge in [-0.05, 0) is 135 Å². The minimum atomic E-state index is -0.837. The van der Waals surface area contributed by atoms with E-state index in [1.54, 1.807) is 25.7 Å². The van der Waals surface area contributed by atoms with Crippen LogP contribution in [-0.2, 0) is 34.8 Å². The van der Waals surface area contributed by atoms with Crippen LogP contribution in [0.3, 0.4) is 0 Å². The van der Waals surface area contributed by atoms with Gasteiger partial charge < -0.3 is 38.5 Å². The summed E-state index contributed by atoms with van der Waals surface area (Å²) in [4.78, 5) is 52.8. The molecule has 5 fully saturated rings. The number of hydrogen-bond donors (Lipinski definition) is 1. The van der Waals surface area contributed by atoms with Crippen LogP contribution in [0.25, 0.3) is 0 Å². The molecule has 3 aliphatic carbocycles. The number of esters is 1. The molecule has 2 bridgehead atoms. The number of hydrogen-bond acceptors (Lipinski definition) is 9. The maximum atomic E-state index is 13.6. The average molecular weight is 745 g/mol. The van der Waals surface area contributed by atoms with E-state index in [0.29, 0.717) is 55.2 Å². The van der Waals surface area contributed by atoms with Crippen molar-refractivity contribution in [3.8, 4) is 5.75 Å². The highest BCUT2D eigenvalue weighted by Gasteiger charge is 2.67. The van der Waals surface area contributed by atoms with E-state index in [2.05, 4.69) is 26.1 Å². The second kappa shape index (κ2) is 15.5. The van der Waals surface area contributed by atoms with E-state index < -0.39 is 29.3 Å². The Hall–Kier alpha value is -2.77. The Morgan fingerprint density at radius 3 is 2.27 bits per heavy atom. The predicted octanol–water partition coefficient (Wildman–Crippen LogP) is 6.58. The van der Waals surface area contributed by atoms with Crippen molar-refractivity contribution in [2.45, 2.75) is 156 Å². The van der Waals surface area contributed by atoms with Gasteiger partial charge in [-0.1, -0.05) is 19.9 Å². The predicted molar refractivity (Wildman–Crippen MR) is 204 cm³/mol. The first-order chi connectivity index (χ1) is 23.6. The summed E-state index contributed by atoms with van der Waals surface area (Å²) in [5.41, 5.74) is 0.725. The highest BCUT2D eigenvalue weighted by Crippen LogP contribution is 2.65. The molecule has 5 atom stereocenters. The summed E-state index contributed by atoms with van der Waals surface area (Å²) in [5.74, 6) is 0.862. The smallest absolute Gasteiger partial charge is 0.457 e. The second-order valence-corrected chi connectivity index (χ2v) is 17.9. The minimum Gasteiger partial charge on any atom is -0.486 e. The van der Waals surface area contributed by atoms with Crippen LogP contribution in [0.1, 0.15) is 123 Å². The van der Waals surface area contributed by atoms with E-state index >= 15 is 0 Å². The van der Waals surface area contributed by atoms with Crippen molar-refractivity contribution >= 4 is 44.4 Å². The monoisotopic (exact) mass is 744 g/mol. The summed E-state index contributed by atoms with van der Waals surface area (Å²) < 4.78 is 30.7. The van der Waals surface area contributed by atoms with Gasteiger partial charge in [-0.2, -0.15) is 13.5 Å². The fourth-order valence-corrected chi connectivity index (χ4v) is 8.39. The topological polar surface area (TPSA) is 130 Å².